The number of halogens is 1. The lowest BCUT2D eigenvalue weighted by Crippen LogP contribution is -2.32. The van der Waals surface area contributed by atoms with Crippen molar-refractivity contribution in [3.05, 3.63) is 27.7 Å². The molecule has 2 heterocycles. The van der Waals surface area contributed by atoms with E-state index in [-0.39, 0.29) is 5.60 Å². The van der Waals surface area contributed by atoms with E-state index in [2.05, 4.69) is 33.4 Å². The van der Waals surface area contributed by atoms with Crippen molar-refractivity contribution in [2.75, 3.05) is 18.5 Å². The van der Waals surface area contributed by atoms with E-state index >= 15 is 0 Å². The third-order valence-electron chi connectivity index (χ3n) is 5.18. The highest BCUT2D eigenvalue weighted by Crippen LogP contribution is 2.47. The Labute approximate surface area is 128 Å². The molecule has 0 radical (unpaired) electrons. The molecule has 1 aliphatic carbocycles. The lowest BCUT2D eigenvalue weighted by atomic mass is 9.74. The normalized spacial score (nSPS) is 32.4. The molecule has 2 fully saturated rings. The van der Waals surface area contributed by atoms with Crippen molar-refractivity contribution in [3.63, 3.8) is 0 Å². The molecule has 2 aliphatic heterocycles. The SMILES string of the molecule is Brc1ccc2c(c1C1CCC3(CCOO3)CC1)CCN2. The summed E-state index contributed by atoms with van der Waals surface area (Å²) in [6.45, 7) is 1.84. The molecule has 4 rings (SSSR count). The largest absolute Gasteiger partial charge is 0.384 e. The summed E-state index contributed by atoms with van der Waals surface area (Å²) >= 11 is 3.78. The van der Waals surface area contributed by atoms with Gasteiger partial charge in [0.2, 0.25) is 0 Å². The molecule has 1 aromatic rings. The minimum absolute atomic E-state index is 0.0270. The summed E-state index contributed by atoms with van der Waals surface area (Å²) < 4.78 is 1.28. The summed E-state index contributed by atoms with van der Waals surface area (Å²) in [5.74, 6) is 0.661. The van der Waals surface area contributed by atoms with Crippen LogP contribution in [0.25, 0.3) is 0 Å². The molecule has 0 amide bonds. The molecule has 1 saturated carbocycles. The molecule has 108 valence electrons. The fourth-order valence-corrected chi connectivity index (χ4v) is 4.73. The van der Waals surface area contributed by atoms with Crippen molar-refractivity contribution in [3.8, 4) is 0 Å². The average Bonchev–Trinajstić information content (AvgIpc) is 3.10. The zero-order valence-electron chi connectivity index (χ0n) is 11.6. The third-order valence-corrected chi connectivity index (χ3v) is 5.87. The molecule has 0 bridgehead atoms. The van der Waals surface area contributed by atoms with Crippen LogP contribution in [0, 0.1) is 0 Å². The van der Waals surface area contributed by atoms with Gasteiger partial charge in [-0.05, 0) is 61.3 Å². The van der Waals surface area contributed by atoms with Gasteiger partial charge in [0.1, 0.15) is 5.60 Å². The number of hydrogen-bond acceptors (Lipinski definition) is 3. The van der Waals surface area contributed by atoms with Crippen LogP contribution in [0.4, 0.5) is 5.69 Å². The monoisotopic (exact) mass is 337 g/mol. The summed E-state index contributed by atoms with van der Waals surface area (Å²) in [4.78, 5) is 10.7. The average molecular weight is 338 g/mol. The molecule has 1 aromatic carbocycles. The number of hydrogen-bond donors (Lipinski definition) is 1. The summed E-state index contributed by atoms with van der Waals surface area (Å²) in [5.41, 5.74) is 4.44. The Kier molecular flexibility index (Phi) is 3.28. The van der Waals surface area contributed by atoms with Gasteiger partial charge >= 0.3 is 0 Å². The summed E-state index contributed by atoms with van der Waals surface area (Å²) in [6, 6.07) is 4.40. The second kappa shape index (κ2) is 5.00. The molecular formula is C16H20BrNO2. The Morgan fingerprint density at radius 3 is 2.80 bits per heavy atom. The van der Waals surface area contributed by atoms with Gasteiger partial charge in [0.05, 0.1) is 6.61 Å². The third kappa shape index (κ3) is 2.09. The van der Waals surface area contributed by atoms with E-state index in [1.807, 2.05) is 0 Å². The van der Waals surface area contributed by atoms with Gasteiger partial charge in [-0.25, -0.2) is 9.78 Å². The van der Waals surface area contributed by atoms with Crippen molar-refractivity contribution in [2.24, 2.45) is 0 Å². The van der Waals surface area contributed by atoms with Crippen LogP contribution in [0.15, 0.2) is 16.6 Å². The molecule has 1 N–H and O–H groups in total. The number of nitrogens with one attached hydrogen (secondary N) is 1. The Morgan fingerprint density at radius 1 is 1.20 bits per heavy atom. The second-order valence-electron chi connectivity index (χ2n) is 6.28. The van der Waals surface area contributed by atoms with Crippen LogP contribution >= 0.6 is 15.9 Å². The predicted molar refractivity (Wildman–Crippen MR) is 81.9 cm³/mol. The van der Waals surface area contributed by atoms with Crippen molar-refractivity contribution in [2.45, 2.75) is 50.0 Å². The van der Waals surface area contributed by atoms with E-state index < -0.39 is 0 Å². The van der Waals surface area contributed by atoms with E-state index in [1.165, 1.54) is 28.6 Å². The molecule has 0 aromatic heterocycles. The van der Waals surface area contributed by atoms with Crippen molar-refractivity contribution in [1.29, 1.82) is 0 Å². The molecule has 1 saturated heterocycles. The Hall–Kier alpha value is -0.580. The van der Waals surface area contributed by atoms with Crippen LogP contribution in [0.2, 0.25) is 0 Å². The highest BCUT2D eigenvalue weighted by atomic mass is 79.9. The highest BCUT2D eigenvalue weighted by Gasteiger charge is 2.41. The van der Waals surface area contributed by atoms with Gasteiger partial charge in [0.25, 0.3) is 0 Å². The predicted octanol–water partition coefficient (Wildman–Crippen LogP) is 4.17. The molecule has 20 heavy (non-hydrogen) atoms. The fourth-order valence-electron chi connectivity index (χ4n) is 4.04. The highest BCUT2D eigenvalue weighted by molar-refractivity contribution is 9.10. The zero-order valence-corrected chi connectivity index (χ0v) is 13.2. The van der Waals surface area contributed by atoms with Crippen molar-refractivity contribution < 1.29 is 9.78 Å². The first-order valence-electron chi connectivity index (χ1n) is 7.63. The molecule has 3 aliphatic rings. The quantitative estimate of drug-likeness (QED) is 0.780. The Bertz CT molecular complexity index is 515. The number of anilines is 1. The van der Waals surface area contributed by atoms with Gasteiger partial charge in [-0.15, -0.1) is 0 Å². The van der Waals surface area contributed by atoms with Gasteiger partial charge in [-0.1, -0.05) is 15.9 Å². The van der Waals surface area contributed by atoms with Crippen molar-refractivity contribution >= 4 is 21.6 Å². The summed E-state index contributed by atoms with van der Waals surface area (Å²) in [7, 11) is 0. The van der Waals surface area contributed by atoms with E-state index in [9.17, 15) is 0 Å². The first-order chi connectivity index (χ1) is 9.77. The first-order valence-corrected chi connectivity index (χ1v) is 8.43. The van der Waals surface area contributed by atoms with Crippen LogP contribution in [0.5, 0.6) is 0 Å². The number of rotatable bonds is 1. The zero-order chi connectivity index (χ0) is 13.6. The standard InChI is InChI=1S/C16H20BrNO2/c17-13-1-2-14-12(5-9-18-14)15(13)11-3-6-16(7-4-11)8-10-19-20-16/h1-2,11,18H,3-10H2. The van der Waals surface area contributed by atoms with Crippen LogP contribution in [-0.4, -0.2) is 18.8 Å². The van der Waals surface area contributed by atoms with Gasteiger partial charge < -0.3 is 5.32 Å². The summed E-state index contributed by atoms with van der Waals surface area (Å²) in [6.07, 6.45) is 6.89. The minimum Gasteiger partial charge on any atom is -0.384 e. The molecule has 1 spiro atoms. The molecule has 0 unspecified atom stereocenters. The molecular weight excluding hydrogens is 318 g/mol. The van der Waals surface area contributed by atoms with Gasteiger partial charge in [0, 0.05) is 23.1 Å². The smallest absolute Gasteiger partial charge is 0.106 e. The van der Waals surface area contributed by atoms with E-state index in [0.29, 0.717) is 5.92 Å². The van der Waals surface area contributed by atoms with Crippen LogP contribution < -0.4 is 5.32 Å². The lowest BCUT2D eigenvalue weighted by Gasteiger charge is -2.35. The molecule has 3 nitrogen and oxygen atoms in total. The number of fused-ring (bicyclic) bond motifs is 1. The topological polar surface area (TPSA) is 30.5 Å². The maximum Gasteiger partial charge on any atom is 0.106 e. The van der Waals surface area contributed by atoms with Gasteiger partial charge in [-0.2, -0.15) is 0 Å². The van der Waals surface area contributed by atoms with Crippen molar-refractivity contribution in [1.82, 2.24) is 0 Å². The van der Waals surface area contributed by atoms with E-state index in [0.717, 1.165) is 38.8 Å². The van der Waals surface area contributed by atoms with Crippen LogP contribution in [0.1, 0.15) is 49.1 Å². The Balaban J connectivity index is 1.59. The maximum absolute atomic E-state index is 5.56. The molecule has 4 heteroatoms. The van der Waals surface area contributed by atoms with Crippen LogP contribution in [0.3, 0.4) is 0 Å². The van der Waals surface area contributed by atoms with E-state index in [1.54, 1.807) is 5.56 Å². The van der Waals surface area contributed by atoms with Gasteiger partial charge in [-0.3, -0.25) is 0 Å². The molecule has 0 atom stereocenters. The number of benzene rings is 1. The minimum atomic E-state index is 0.0270. The second-order valence-corrected chi connectivity index (χ2v) is 7.13. The maximum atomic E-state index is 5.56. The lowest BCUT2D eigenvalue weighted by molar-refractivity contribution is -0.314. The van der Waals surface area contributed by atoms with Gasteiger partial charge in [0.15, 0.2) is 0 Å². The van der Waals surface area contributed by atoms with Crippen LogP contribution in [-0.2, 0) is 16.2 Å². The fraction of sp³-hybridized carbons (Fsp3) is 0.625. The Morgan fingerprint density at radius 2 is 2.05 bits per heavy atom. The summed E-state index contributed by atoms with van der Waals surface area (Å²) in [5, 5.41) is 3.49. The first kappa shape index (κ1) is 13.1. The van der Waals surface area contributed by atoms with E-state index in [4.69, 9.17) is 9.78 Å².